The number of hydrogen-bond acceptors (Lipinski definition) is 3. The van der Waals surface area contributed by atoms with Gasteiger partial charge < -0.3 is 9.84 Å². The van der Waals surface area contributed by atoms with Crippen LogP contribution < -0.4 is 4.74 Å². The minimum absolute atomic E-state index is 0.00450. The van der Waals surface area contributed by atoms with Crippen LogP contribution in [-0.4, -0.2) is 40.3 Å². The lowest BCUT2D eigenvalue weighted by atomic mass is 9.86. The van der Waals surface area contributed by atoms with Gasteiger partial charge in [-0.3, -0.25) is 9.69 Å². The van der Waals surface area contributed by atoms with Crippen LogP contribution in [0.4, 0.5) is 26.3 Å². The maximum Gasteiger partial charge on any atom is 0.420 e. The fourth-order valence-corrected chi connectivity index (χ4v) is 7.16. The summed E-state index contributed by atoms with van der Waals surface area (Å²) in [6.07, 6.45) is -6.17. The zero-order valence-electron chi connectivity index (χ0n) is 21.7. The number of piperidine rings is 1. The van der Waals surface area contributed by atoms with Crippen LogP contribution in [0.5, 0.6) is 5.75 Å². The molecule has 3 atom stereocenters. The predicted molar refractivity (Wildman–Crippen MR) is 133 cm³/mol. The van der Waals surface area contributed by atoms with Crippen LogP contribution >= 0.6 is 0 Å². The second kappa shape index (κ2) is 10.5. The first-order valence-electron chi connectivity index (χ1n) is 13.7. The van der Waals surface area contributed by atoms with Gasteiger partial charge in [0.1, 0.15) is 11.3 Å². The molecule has 0 spiro atoms. The van der Waals surface area contributed by atoms with Crippen molar-refractivity contribution < 1.29 is 41.0 Å². The minimum Gasteiger partial charge on any atom is -0.490 e. The van der Waals surface area contributed by atoms with E-state index in [-0.39, 0.29) is 60.9 Å². The van der Waals surface area contributed by atoms with E-state index in [0.717, 1.165) is 24.8 Å². The van der Waals surface area contributed by atoms with Gasteiger partial charge in [-0.15, -0.1) is 0 Å². The summed E-state index contributed by atoms with van der Waals surface area (Å²) in [5.41, 5.74) is -0.0113. The molecule has 3 fully saturated rings. The summed E-state index contributed by atoms with van der Waals surface area (Å²) in [6.45, 7) is 2.03. The van der Waals surface area contributed by atoms with Gasteiger partial charge in [0.05, 0.1) is 17.9 Å². The molecule has 0 amide bonds. The van der Waals surface area contributed by atoms with E-state index >= 15 is 0 Å². The molecule has 10 heteroatoms. The summed E-state index contributed by atoms with van der Waals surface area (Å²) < 4.78 is 87.6. The van der Waals surface area contributed by atoms with Gasteiger partial charge in [0.25, 0.3) is 0 Å². The Kier molecular flexibility index (Phi) is 7.54. The van der Waals surface area contributed by atoms with Gasteiger partial charge in [0.15, 0.2) is 0 Å². The Labute approximate surface area is 223 Å². The normalized spacial score (nSPS) is 28.9. The van der Waals surface area contributed by atoms with Crippen molar-refractivity contribution in [2.24, 2.45) is 11.8 Å². The highest BCUT2D eigenvalue weighted by atomic mass is 19.4. The van der Waals surface area contributed by atoms with Crippen LogP contribution in [0.3, 0.4) is 0 Å². The molecule has 214 valence electrons. The summed E-state index contributed by atoms with van der Waals surface area (Å²) in [4.78, 5) is 14.0. The smallest absolute Gasteiger partial charge is 0.420 e. The van der Waals surface area contributed by atoms with Crippen LogP contribution in [0.25, 0.3) is 10.8 Å². The van der Waals surface area contributed by atoms with E-state index in [1.165, 1.54) is 12.1 Å². The van der Waals surface area contributed by atoms with E-state index in [9.17, 15) is 36.2 Å². The molecule has 1 N–H and O–H groups in total. The zero-order chi connectivity index (χ0) is 28.1. The maximum atomic E-state index is 14.3. The Balaban J connectivity index is 1.41. The minimum atomic E-state index is -4.71. The number of fused-ring (bicyclic) bond motifs is 3. The van der Waals surface area contributed by atoms with E-state index in [1.807, 2.05) is 6.92 Å². The molecule has 2 aromatic carbocycles. The lowest BCUT2D eigenvalue weighted by Gasteiger charge is -2.42. The van der Waals surface area contributed by atoms with Crippen molar-refractivity contribution in [1.82, 2.24) is 4.90 Å². The van der Waals surface area contributed by atoms with Gasteiger partial charge in [-0.1, -0.05) is 25.1 Å². The number of carboxylic acids is 1. The number of carbonyl (C=O) groups is 1. The summed E-state index contributed by atoms with van der Waals surface area (Å²) >= 11 is 0. The van der Waals surface area contributed by atoms with Crippen LogP contribution in [0.1, 0.15) is 81.9 Å². The van der Waals surface area contributed by atoms with Crippen LogP contribution in [0.2, 0.25) is 0 Å². The maximum absolute atomic E-state index is 14.3. The second-order valence-corrected chi connectivity index (χ2v) is 11.3. The van der Waals surface area contributed by atoms with E-state index in [1.54, 1.807) is 18.2 Å². The quantitative estimate of drug-likeness (QED) is 0.364. The fourth-order valence-electron chi connectivity index (χ4n) is 7.16. The Bertz CT molecular complexity index is 1190. The van der Waals surface area contributed by atoms with E-state index < -0.39 is 35.9 Å². The van der Waals surface area contributed by atoms with E-state index in [4.69, 9.17) is 4.74 Å². The molecule has 2 saturated heterocycles. The highest BCUT2D eigenvalue weighted by molar-refractivity contribution is 5.89. The van der Waals surface area contributed by atoms with Crippen molar-refractivity contribution in [2.45, 2.75) is 101 Å². The van der Waals surface area contributed by atoms with Gasteiger partial charge in [-0.05, 0) is 86.3 Å². The molecule has 2 heterocycles. The van der Waals surface area contributed by atoms with Crippen LogP contribution in [-0.2, 0) is 11.0 Å². The molecule has 2 bridgehead atoms. The summed E-state index contributed by atoms with van der Waals surface area (Å²) in [7, 11) is 0. The standard InChI is InChI=1S/C29H33F6NO3/c1-2-24(36-20-7-8-21(36)15-18(14-20)27(37)38)17-3-11-23-16(13-17)4-12-25(26(23)29(33,34)35)39-22-9-5-19(6-10-22)28(30,31)32/h3-4,11-13,18-22,24H,2,5-10,14-15H2,1H3,(H,37,38)/t18?,19-,20?,21?,22+,24-/m1/s1. The number of rotatable bonds is 6. The Hall–Kier alpha value is -2.49. The Morgan fingerprint density at radius 1 is 0.974 bits per heavy atom. The molecule has 5 rings (SSSR count). The molecule has 39 heavy (non-hydrogen) atoms. The largest absolute Gasteiger partial charge is 0.490 e. The van der Waals surface area contributed by atoms with Crippen molar-refractivity contribution in [3.05, 3.63) is 41.5 Å². The molecule has 2 aliphatic heterocycles. The zero-order valence-corrected chi connectivity index (χ0v) is 21.7. The van der Waals surface area contributed by atoms with Gasteiger partial charge in [0.2, 0.25) is 0 Å². The predicted octanol–water partition coefficient (Wildman–Crippen LogP) is 8.14. The highest BCUT2D eigenvalue weighted by Crippen LogP contribution is 2.47. The van der Waals surface area contributed by atoms with Crippen molar-refractivity contribution in [3.8, 4) is 5.75 Å². The average molecular weight is 558 g/mol. The number of hydrogen-bond donors (Lipinski definition) is 1. The van der Waals surface area contributed by atoms with Gasteiger partial charge in [-0.2, -0.15) is 26.3 Å². The van der Waals surface area contributed by atoms with Crippen molar-refractivity contribution >= 4 is 16.7 Å². The molecule has 1 aliphatic carbocycles. The molecular formula is C29H33F6NO3. The second-order valence-electron chi connectivity index (χ2n) is 11.3. The third-order valence-corrected chi connectivity index (χ3v) is 8.99. The number of halogens is 6. The SMILES string of the molecule is CC[C@H](c1ccc2c(C(F)(F)F)c(O[C@H]3CC[C@@H](C(F)(F)F)CC3)ccc2c1)N1C2CCC1CC(C(=O)O)C2. The van der Waals surface area contributed by atoms with Gasteiger partial charge in [-0.25, -0.2) is 0 Å². The summed E-state index contributed by atoms with van der Waals surface area (Å²) in [5.74, 6) is -2.91. The fraction of sp³-hybridized carbons (Fsp3) is 0.621. The first kappa shape index (κ1) is 28.1. The van der Waals surface area contributed by atoms with Crippen molar-refractivity contribution in [2.75, 3.05) is 0 Å². The number of carboxylic acid groups (broad SMARTS) is 1. The monoisotopic (exact) mass is 557 g/mol. The molecule has 1 saturated carbocycles. The number of benzene rings is 2. The van der Waals surface area contributed by atoms with Gasteiger partial charge in [0, 0.05) is 18.1 Å². The Morgan fingerprint density at radius 3 is 2.15 bits per heavy atom. The van der Waals surface area contributed by atoms with E-state index in [0.29, 0.717) is 18.2 Å². The number of nitrogens with zero attached hydrogens (tertiary/aromatic N) is 1. The summed E-state index contributed by atoms with van der Waals surface area (Å²) in [6, 6.07) is 8.08. The van der Waals surface area contributed by atoms with Crippen molar-refractivity contribution in [3.63, 3.8) is 0 Å². The lowest BCUT2D eigenvalue weighted by Crippen LogP contribution is -2.46. The first-order chi connectivity index (χ1) is 18.4. The molecule has 2 aromatic rings. The molecule has 3 aliphatic rings. The highest BCUT2D eigenvalue weighted by Gasteiger charge is 2.46. The number of aliphatic carboxylic acids is 1. The topological polar surface area (TPSA) is 49.8 Å². The molecule has 0 aromatic heterocycles. The lowest BCUT2D eigenvalue weighted by molar-refractivity contribution is -0.185. The molecule has 0 radical (unpaired) electrons. The van der Waals surface area contributed by atoms with Crippen LogP contribution in [0.15, 0.2) is 30.3 Å². The first-order valence-corrected chi connectivity index (χ1v) is 13.7. The summed E-state index contributed by atoms with van der Waals surface area (Å²) in [5, 5.41) is 9.93. The van der Waals surface area contributed by atoms with E-state index in [2.05, 4.69) is 4.90 Å². The Morgan fingerprint density at radius 2 is 1.62 bits per heavy atom. The third-order valence-electron chi connectivity index (χ3n) is 8.99. The molecule has 4 nitrogen and oxygen atoms in total. The number of alkyl halides is 6. The average Bonchev–Trinajstić information content (AvgIpc) is 3.11. The number of ether oxygens (including phenoxy) is 1. The van der Waals surface area contributed by atoms with Crippen LogP contribution in [0, 0.1) is 11.8 Å². The molecule has 2 unspecified atom stereocenters. The van der Waals surface area contributed by atoms with Crippen molar-refractivity contribution in [1.29, 1.82) is 0 Å². The molecular weight excluding hydrogens is 524 g/mol. The van der Waals surface area contributed by atoms with Gasteiger partial charge >= 0.3 is 18.3 Å². The third kappa shape index (κ3) is 5.58.